The second kappa shape index (κ2) is 23.7. The Morgan fingerprint density at radius 3 is 1.38 bits per heavy atom. The molecule has 0 aliphatic rings. The van der Waals surface area contributed by atoms with Crippen molar-refractivity contribution in [1.82, 2.24) is 0 Å². The van der Waals surface area contributed by atoms with E-state index < -0.39 is 0 Å². The Bertz CT molecular complexity index is 326. The number of unbranched alkanes of at least 4 members (excludes halogenated alkanes) is 15. The summed E-state index contributed by atoms with van der Waals surface area (Å²) in [6.45, 7) is 7.45. The van der Waals surface area contributed by atoms with Gasteiger partial charge < -0.3 is 4.74 Å². The van der Waals surface area contributed by atoms with E-state index in [4.69, 9.17) is 4.74 Å². The van der Waals surface area contributed by atoms with E-state index in [1.807, 2.05) is 0 Å². The van der Waals surface area contributed by atoms with Crippen LogP contribution in [0.1, 0.15) is 156 Å². The summed E-state index contributed by atoms with van der Waals surface area (Å²) in [5, 5.41) is 0. The minimum absolute atomic E-state index is 0.0380. The molecule has 0 saturated carbocycles. The van der Waals surface area contributed by atoms with Crippen molar-refractivity contribution in [3.63, 3.8) is 0 Å². The van der Waals surface area contributed by atoms with Gasteiger partial charge >= 0.3 is 5.97 Å². The van der Waals surface area contributed by atoms with Gasteiger partial charge in [-0.3, -0.25) is 4.79 Å². The maximum atomic E-state index is 12.1. The van der Waals surface area contributed by atoms with Crippen molar-refractivity contribution < 1.29 is 9.53 Å². The van der Waals surface area contributed by atoms with Gasteiger partial charge in [-0.05, 0) is 25.2 Å². The molecular weight excluding hydrogens is 356 g/mol. The predicted molar refractivity (Wildman–Crippen MR) is 128 cm³/mol. The minimum atomic E-state index is 0.0380. The van der Waals surface area contributed by atoms with Crippen molar-refractivity contribution in [2.75, 3.05) is 6.61 Å². The monoisotopic (exact) mass is 410 g/mol. The largest absolute Gasteiger partial charge is 0.465 e. The van der Waals surface area contributed by atoms with Crippen LogP contribution >= 0.6 is 0 Å². The summed E-state index contributed by atoms with van der Waals surface area (Å²) in [6.07, 6.45) is 26.6. The fraction of sp³-hybridized carbons (Fsp3) is 0.963. The van der Waals surface area contributed by atoms with Crippen LogP contribution in [0.2, 0.25) is 0 Å². The molecule has 29 heavy (non-hydrogen) atoms. The molecule has 0 aromatic rings. The van der Waals surface area contributed by atoms with Crippen molar-refractivity contribution >= 4 is 5.97 Å². The summed E-state index contributed by atoms with van der Waals surface area (Å²) in [5.74, 6) is 0.622. The third-order valence-corrected chi connectivity index (χ3v) is 6.15. The van der Waals surface area contributed by atoms with Crippen LogP contribution in [0.5, 0.6) is 0 Å². The van der Waals surface area contributed by atoms with Crippen molar-refractivity contribution in [3.8, 4) is 0 Å². The number of hydrogen-bond acceptors (Lipinski definition) is 2. The summed E-state index contributed by atoms with van der Waals surface area (Å²) in [4.78, 5) is 12.1. The van der Waals surface area contributed by atoms with Crippen molar-refractivity contribution in [3.05, 3.63) is 0 Å². The Balaban J connectivity index is 3.94. The summed E-state index contributed by atoms with van der Waals surface area (Å²) < 4.78 is 5.68. The number of hydrogen-bond donors (Lipinski definition) is 0. The van der Waals surface area contributed by atoms with Crippen LogP contribution in [0, 0.1) is 5.92 Å². The molecule has 1 atom stereocenters. The summed E-state index contributed by atoms with van der Waals surface area (Å²) >= 11 is 0. The first-order valence-electron chi connectivity index (χ1n) is 13.4. The van der Waals surface area contributed by atoms with Crippen LogP contribution in [-0.4, -0.2) is 12.6 Å². The number of esters is 1. The minimum Gasteiger partial charge on any atom is -0.465 e. The van der Waals surface area contributed by atoms with Gasteiger partial charge in [0.2, 0.25) is 0 Å². The van der Waals surface area contributed by atoms with Crippen LogP contribution in [0.15, 0.2) is 0 Å². The highest BCUT2D eigenvalue weighted by Gasteiger charge is 2.12. The highest BCUT2D eigenvalue weighted by atomic mass is 16.5. The van der Waals surface area contributed by atoms with E-state index in [1.54, 1.807) is 0 Å². The van der Waals surface area contributed by atoms with E-state index in [0.29, 0.717) is 18.9 Å². The standard InChI is InChI=1S/C27H54O2/c1-4-7-10-13-15-17-20-23-26(22-19-16-12-9-6-3)25-29-27(28)24-21-18-14-11-8-5-2/h26H,4-25H2,1-3H3. The van der Waals surface area contributed by atoms with Gasteiger partial charge in [0.1, 0.15) is 0 Å². The molecule has 2 heteroatoms. The Hall–Kier alpha value is -0.530. The number of rotatable bonds is 23. The predicted octanol–water partition coefficient (Wildman–Crippen LogP) is 9.40. The quantitative estimate of drug-likeness (QED) is 0.124. The lowest BCUT2D eigenvalue weighted by atomic mass is 9.95. The third-order valence-electron chi connectivity index (χ3n) is 6.15. The lowest BCUT2D eigenvalue weighted by Gasteiger charge is -2.17. The molecule has 0 bridgehead atoms. The van der Waals surface area contributed by atoms with Crippen molar-refractivity contribution in [2.45, 2.75) is 156 Å². The second-order valence-electron chi connectivity index (χ2n) is 9.18. The normalized spacial score (nSPS) is 12.2. The molecule has 0 fully saturated rings. The smallest absolute Gasteiger partial charge is 0.305 e. The Kier molecular flexibility index (Phi) is 23.3. The molecule has 0 radical (unpaired) electrons. The summed E-state index contributed by atoms with van der Waals surface area (Å²) in [7, 11) is 0. The van der Waals surface area contributed by atoms with Crippen LogP contribution in [-0.2, 0) is 9.53 Å². The maximum absolute atomic E-state index is 12.1. The zero-order valence-electron chi connectivity index (χ0n) is 20.5. The van der Waals surface area contributed by atoms with E-state index in [-0.39, 0.29) is 5.97 Å². The molecule has 0 saturated heterocycles. The Morgan fingerprint density at radius 2 is 0.931 bits per heavy atom. The topological polar surface area (TPSA) is 26.3 Å². The molecule has 0 N–H and O–H groups in total. The first kappa shape index (κ1) is 28.5. The van der Waals surface area contributed by atoms with Crippen LogP contribution in [0.3, 0.4) is 0 Å². The van der Waals surface area contributed by atoms with Gasteiger partial charge in [-0.15, -0.1) is 0 Å². The van der Waals surface area contributed by atoms with Crippen molar-refractivity contribution in [1.29, 1.82) is 0 Å². The van der Waals surface area contributed by atoms with Crippen LogP contribution < -0.4 is 0 Å². The average Bonchev–Trinajstić information content (AvgIpc) is 2.73. The van der Waals surface area contributed by atoms with E-state index in [0.717, 1.165) is 6.42 Å². The maximum Gasteiger partial charge on any atom is 0.305 e. The van der Waals surface area contributed by atoms with E-state index in [1.165, 1.54) is 122 Å². The van der Waals surface area contributed by atoms with Gasteiger partial charge in [-0.1, -0.05) is 130 Å². The third kappa shape index (κ3) is 22.0. The Labute approximate surface area is 184 Å². The lowest BCUT2D eigenvalue weighted by Crippen LogP contribution is -2.14. The lowest BCUT2D eigenvalue weighted by molar-refractivity contribution is -0.145. The highest BCUT2D eigenvalue weighted by Crippen LogP contribution is 2.20. The molecular formula is C27H54O2. The zero-order chi connectivity index (χ0) is 21.4. The molecule has 0 heterocycles. The Morgan fingerprint density at radius 1 is 0.552 bits per heavy atom. The summed E-state index contributed by atoms with van der Waals surface area (Å²) in [6, 6.07) is 0. The fourth-order valence-electron chi connectivity index (χ4n) is 4.07. The first-order chi connectivity index (χ1) is 14.2. The number of carbonyl (C=O) groups excluding carboxylic acids is 1. The molecule has 0 rings (SSSR count). The van der Waals surface area contributed by atoms with Gasteiger partial charge in [0, 0.05) is 6.42 Å². The average molecular weight is 411 g/mol. The molecule has 0 aromatic heterocycles. The highest BCUT2D eigenvalue weighted by molar-refractivity contribution is 5.69. The van der Waals surface area contributed by atoms with Gasteiger partial charge in [0.15, 0.2) is 0 Å². The van der Waals surface area contributed by atoms with Gasteiger partial charge in [0.25, 0.3) is 0 Å². The first-order valence-corrected chi connectivity index (χ1v) is 13.4. The van der Waals surface area contributed by atoms with Gasteiger partial charge in [-0.25, -0.2) is 0 Å². The number of ether oxygens (including phenoxy) is 1. The molecule has 174 valence electrons. The second-order valence-corrected chi connectivity index (χ2v) is 9.18. The molecule has 0 spiro atoms. The molecule has 1 unspecified atom stereocenters. The van der Waals surface area contributed by atoms with Crippen molar-refractivity contribution in [2.24, 2.45) is 5.92 Å². The molecule has 2 nitrogen and oxygen atoms in total. The fourth-order valence-corrected chi connectivity index (χ4v) is 4.07. The SMILES string of the molecule is CCCCCCCCCC(CCCCCCC)COC(=O)CCCCCCCC. The van der Waals surface area contributed by atoms with Gasteiger partial charge in [0.05, 0.1) is 6.61 Å². The molecule has 0 aliphatic carbocycles. The number of carbonyl (C=O) groups is 1. The zero-order valence-corrected chi connectivity index (χ0v) is 20.5. The van der Waals surface area contributed by atoms with E-state index >= 15 is 0 Å². The molecule has 0 amide bonds. The van der Waals surface area contributed by atoms with Crippen LogP contribution in [0.4, 0.5) is 0 Å². The van der Waals surface area contributed by atoms with E-state index in [9.17, 15) is 4.79 Å². The summed E-state index contributed by atoms with van der Waals surface area (Å²) in [5.41, 5.74) is 0. The van der Waals surface area contributed by atoms with E-state index in [2.05, 4.69) is 20.8 Å². The van der Waals surface area contributed by atoms with Crippen LogP contribution in [0.25, 0.3) is 0 Å². The molecule has 0 aromatic carbocycles. The molecule has 0 aliphatic heterocycles. The van der Waals surface area contributed by atoms with Gasteiger partial charge in [-0.2, -0.15) is 0 Å².